The largest absolute Gasteiger partial charge is 0.434 e. The standard InChI is InChI=1S/C13H18F3N3S2/c1-19-4-5-20-7-9(19)12-18-11(13(14,15)16)10(21-12)6-17-8-2-3-8/h8-9,17H,2-7H2,1H3. The maximum Gasteiger partial charge on any atom is 0.434 e. The zero-order valence-corrected chi connectivity index (χ0v) is 13.4. The Balaban J connectivity index is 1.83. The number of rotatable bonds is 4. The van der Waals surface area contributed by atoms with Crippen molar-refractivity contribution < 1.29 is 13.2 Å². The molecule has 2 heterocycles. The predicted octanol–water partition coefficient (Wildman–Crippen LogP) is 3.13. The molecular weight excluding hydrogens is 319 g/mol. The molecule has 1 N–H and O–H groups in total. The lowest BCUT2D eigenvalue weighted by molar-refractivity contribution is -0.141. The summed E-state index contributed by atoms with van der Waals surface area (Å²) in [6, 6.07) is 0.397. The van der Waals surface area contributed by atoms with Gasteiger partial charge in [0.1, 0.15) is 5.01 Å². The second kappa shape index (κ2) is 6.06. The lowest BCUT2D eigenvalue weighted by atomic mass is 10.3. The van der Waals surface area contributed by atoms with E-state index in [2.05, 4.69) is 15.2 Å². The molecule has 0 bridgehead atoms. The van der Waals surface area contributed by atoms with Crippen molar-refractivity contribution in [3.05, 3.63) is 15.6 Å². The molecule has 1 unspecified atom stereocenters. The second-order valence-corrected chi connectivity index (χ2v) is 7.81. The van der Waals surface area contributed by atoms with Crippen molar-refractivity contribution in [3.63, 3.8) is 0 Å². The zero-order chi connectivity index (χ0) is 15.0. The van der Waals surface area contributed by atoms with E-state index in [1.807, 2.05) is 7.05 Å². The normalized spacial score (nSPS) is 24.5. The highest BCUT2D eigenvalue weighted by molar-refractivity contribution is 7.99. The number of alkyl halides is 3. The van der Waals surface area contributed by atoms with E-state index in [0.29, 0.717) is 15.9 Å². The summed E-state index contributed by atoms with van der Waals surface area (Å²) in [5.74, 6) is 1.84. The van der Waals surface area contributed by atoms with Crippen molar-refractivity contribution in [3.8, 4) is 0 Å². The van der Waals surface area contributed by atoms with Crippen LogP contribution in [0, 0.1) is 0 Å². The Morgan fingerprint density at radius 1 is 1.38 bits per heavy atom. The SMILES string of the molecule is CN1CCSCC1c1nc(C(F)(F)F)c(CNC2CC2)s1. The summed E-state index contributed by atoms with van der Waals surface area (Å²) in [6.07, 6.45) is -2.24. The molecule has 1 saturated carbocycles. The molecule has 2 fully saturated rings. The fourth-order valence-corrected chi connectivity index (χ4v) is 4.85. The highest BCUT2D eigenvalue weighted by Gasteiger charge is 2.39. The van der Waals surface area contributed by atoms with Crippen LogP contribution in [0.15, 0.2) is 0 Å². The Labute approximate surface area is 130 Å². The van der Waals surface area contributed by atoms with Crippen LogP contribution in [0.4, 0.5) is 13.2 Å². The van der Waals surface area contributed by atoms with Gasteiger partial charge >= 0.3 is 6.18 Å². The number of hydrogen-bond acceptors (Lipinski definition) is 5. The molecule has 1 aliphatic carbocycles. The molecule has 1 atom stereocenters. The topological polar surface area (TPSA) is 28.2 Å². The monoisotopic (exact) mass is 337 g/mol. The highest BCUT2D eigenvalue weighted by Crippen LogP contribution is 2.39. The van der Waals surface area contributed by atoms with Crippen LogP contribution in [-0.4, -0.2) is 41.0 Å². The predicted molar refractivity (Wildman–Crippen MR) is 79.7 cm³/mol. The zero-order valence-electron chi connectivity index (χ0n) is 11.7. The van der Waals surface area contributed by atoms with Gasteiger partial charge in [0.15, 0.2) is 5.69 Å². The summed E-state index contributed by atoms with van der Waals surface area (Å²) in [5.41, 5.74) is -0.695. The van der Waals surface area contributed by atoms with Gasteiger partial charge in [-0.3, -0.25) is 4.90 Å². The quantitative estimate of drug-likeness (QED) is 0.914. The first kappa shape index (κ1) is 15.6. The fraction of sp³-hybridized carbons (Fsp3) is 0.769. The number of halogens is 3. The maximum atomic E-state index is 13.2. The molecular formula is C13H18F3N3S2. The molecule has 21 heavy (non-hydrogen) atoms. The molecule has 0 aromatic carbocycles. The third-order valence-electron chi connectivity index (χ3n) is 3.79. The Bertz CT molecular complexity index is 499. The summed E-state index contributed by atoms with van der Waals surface area (Å²) in [6.45, 7) is 1.17. The van der Waals surface area contributed by atoms with Gasteiger partial charge in [-0.1, -0.05) is 0 Å². The smallest absolute Gasteiger partial charge is 0.309 e. The van der Waals surface area contributed by atoms with Crippen molar-refractivity contribution in [2.75, 3.05) is 25.1 Å². The van der Waals surface area contributed by atoms with Crippen molar-refractivity contribution in [2.24, 2.45) is 0 Å². The van der Waals surface area contributed by atoms with Crippen molar-refractivity contribution in [1.29, 1.82) is 0 Å². The number of thioether (sulfide) groups is 1. The molecule has 1 aromatic heterocycles. The third kappa shape index (κ3) is 3.72. The average Bonchev–Trinajstić information content (AvgIpc) is 3.14. The summed E-state index contributed by atoms with van der Waals surface area (Å²) in [4.78, 5) is 6.38. The summed E-state index contributed by atoms with van der Waals surface area (Å²) in [5, 5.41) is 3.77. The summed E-state index contributed by atoms with van der Waals surface area (Å²) < 4.78 is 39.5. The molecule has 0 radical (unpaired) electrons. The van der Waals surface area contributed by atoms with Crippen LogP contribution in [0.2, 0.25) is 0 Å². The fourth-order valence-electron chi connectivity index (χ4n) is 2.32. The maximum absolute atomic E-state index is 13.2. The van der Waals surface area contributed by atoms with E-state index < -0.39 is 11.9 Å². The first-order valence-corrected chi connectivity index (χ1v) is 9.00. The Morgan fingerprint density at radius 3 is 2.76 bits per heavy atom. The summed E-state index contributed by atoms with van der Waals surface area (Å²) >= 11 is 3.00. The van der Waals surface area contributed by atoms with Gasteiger partial charge in [0.25, 0.3) is 0 Å². The molecule has 8 heteroatoms. The Kier molecular flexibility index (Phi) is 4.50. The van der Waals surface area contributed by atoms with E-state index >= 15 is 0 Å². The number of hydrogen-bond donors (Lipinski definition) is 1. The minimum Gasteiger partial charge on any atom is -0.309 e. The van der Waals surface area contributed by atoms with E-state index in [4.69, 9.17) is 0 Å². The Morgan fingerprint density at radius 2 is 2.14 bits per heavy atom. The van der Waals surface area contributed by atoms with Gasteiger partial charge in [-0.25, -0.2) is 4.98 Å². The van der Waals surface area contributed by atoms with Crippen LogP contribution in [0.1, 0.15) is 34.5 Å². The second-order valence-electron chi connectivity index (χ2n) is 5.55. The molecule has 1 saturated heterocycles. The van der Waals surface area contributed by atoms with Gasteiger partial charge in [0.05, 0.1) is 10.9 Å². The van der Waals surface area contributed by atoms with Crippen molar-refractivity contribution in [2.45, 2.75) is 37.6 Å². The molecule has 1 aliphatic heterocycles. The van der Waals surface area contributed by atoms with Crippen LogP contribution < -0.4 is 5.32 Å². The lowest BCUT2D eigenvalue weighted by Gasteiger charge is -2.30. The number of nitrogens with one attached hydrogen (secondary N) is 1. The van der Waals surface area contributed by atoms with Crippen LogP contribution in [-0.2, 0) is 12.7 Å². The Hall–Kier alpha value is -0.310. The number of thiazole rings is 1. The van der Waals surface area contributed by atoms with Gasteiger partial charge in [0, 0.05) is 30.6 Å². The summed E-state index contributed by atoms with van der Waals surface area (Å²) in [7, 11) is 1.96. The van der Waals surface area contributed by atoms with Crippen LogP contribution in [0.3, 0.4) is 0 Å². The van der Waals surface area contributed by atoms with Gasteiger partial charge in [-0.2, -0.15) is 24.9 Å². The van der Waals surface area contributed by atoms with E-state index in [1.165, 1.54) is 11.3 Å². The third-order valence-corrected chi connectivity index (χ3v) is 5.97. The number of nitrogens with zero attached hydrogens (tertiary/aromatic N) is 2. The first-order chi connectivity index (χ1) is 9.95. The van der Waals surface area contributed by atoms with Gasteiger partial charge in [0.2, 0.25) is 0 Å². The van der Waals surface area contributed by atoms with E-state index in [-0.39, 0.29) is 12.6 Å². The van der Waals surface area contributed by atoms with Crippen LogP contribution in [0.25, 0.3) is 0 Å². The van der Waals surface area contributed by atoms with Crippen LogP contribution in [0.5, 0.6) is 0 Å². The van der Waals surface area contributed by atoms with Gasteiger partial charge < -0.3 is 5.32 Å². The van der Waals surface area contributed by atoms with E-state index in [0.717, 1.165) is 30.9 Å². The molecule has 3 nitrogen and oxygen atoms in total. The minimum atomic E-state index is -4.37. The highest BCUT2D eigenvalue weighted by atomic mass is 32.2. The molecule has 0 spiro atoms. The molecule has 118 valence electrons. The lowest BCUT2D eigenvalue weighted by Crippen LogP contribution is -2.32. The molecule has 0 amide bonds. The van der Waals surface area contributed by atoms with Crippen LogP contribution >= 0.6 is 23.1 Å². The van der Waals surface area contributed by atoms with Gasteiger partial charge in [-0.15, -0.1) is 11.3 Å². The van der Waals surface area contributed by atoms with E-state index in [9.17, 15) is 13.2 Å². The average molecular weight is 337 g/mol. The first-order valence-electron chi connectivity index (χ1n) is 7.03. The van der Waals surface area contributed by atoms with Crippen molar-refractivity contribution >= 4 is 23.1 Å². The molecule has 1 aromatic rings. The molecule has 3 rings (SSSR count). The number of aromatic nitrogens is 1. The van der Waals surface area contributed by atoms with Crippen molar-refractivity contribution in [1.82, 2.24) is 15.2 Å². The van der Waals surface area contributed by atoms with Gasteiger partial charge in [-0.05, 0) is 19.9 Å². The minimum absolute atomic E-state index is 0.00419. The van der Waals surface area contributed by atoms with E-state index in [1.54, 1.807) is 11.8 Å². The molecule has 2 aliphatic rings.